The van der Waals surface area contributed by atoms with Crippen LogP contribution in [-0.4, -0.2) is 18.1 Å². The summed E-state index contributed by atoms with van der Waals surface area (Å²) in [6, 6.07) is 8.28. The minimum Gasteiger partial charge on any atom is -0.504 e. The highest BCUT2D eigenvalue weighted by atomic mass is 19.1. The van der Waals surface area contributed by atoms with Crippen molar-refractivity contribution < 1.29 is 19.0 Å². The molecule has 5 nitrogen and oxygen atoms in total. The zero-order chi connectivity index (χ0) is 14.7. The molecule has 4 N–H and O–H groups in total. The van der Waals surface area contributed by atoms with Crippen LogP contribution in [0.5, 0.6) is 11.5 Å². The molecule has 1 amide bonds. The summed E-state index contributed by atoms with van der Waals surface area (Å²) >= 11 is 0. The van der Waals surface area contributed by atoms with Gasteiger partial charge in [0.15, 0.2) is 11.5 Å². The van der Waals surface area contributed by atoms with Crippen LogP contribution in [0.1, 0.15) is 10.4 Å². The number of carbonyl (C=O) groups is 1. The van der Waals surface area contributed by atoms with Crippen molar-refractivity contribution in [3.8, 4) is 11.5 Å². The molecule has 0 heterocycles. The van der Waals surface area contributed by atoms with Crippen molar-refractivity contribution in [3.05, 3.63) is 47.8 Å². The fourth-order valence-electron chi connectivity index (χ4n) is 1.70. The van der Waals surface area contributed by atoms with Gasteiger partial charge in [0.25, 0.3) is 5.91 Å². The number of hydrogen-bond donors (Lipinski definition) is 3. The van der Waals surface area contributed by atoms with Crippen LogP contribution in [0.3, 0.4) is 0 Å². The fraction of sp³-hybridized carbons (Fsp3) is 0.0714. The van der Waals surface area contributed by atoms with Crippen LogP contribution >= 0.6 is 0 Å². The number of hydrogen-bond acceptors (Lipinski definition) is 4. The summed E-state index contributed by atoms with van der Waals surface area (Å²) < 4.78 is 18.4. The van der Waals surface area contributed by atoms with E-state index >= 15 is 0 Å². The molecule has 0 atom stereocenters. The van der Waals surface area contributed by atoms with Crippen molar-refractivity contribution in [2.24, 2.45) is 0 Å². The van der Waals surface area contributed by atoms with E-state index in [0.717, 1.165) is 6.07 Å². The van der Waals surface area contributed by atoms with Crippen molar-refractivity contribution in [1.29, 1.82) is 0 Å². The molecule has 6 heteroatoms. The quantitative estimate of drug-likeness (QED) is 0.751. The van der Waals surface area contributed by atoms with Crippen LogP contribution in [0.4, 0.5) is 15.8 Å². The maximum atomic E-state index is 13.5. The molecule has 2 aromatic carbocycles. The largest absolute Gasteiger partial charge is 0.504 e. The third kappa shape index (κ3) is 2.64. The minimum absolute atomic E-state index is 0.0221. The summed E-state index contributed by atoms with van der Waals surface area (Å²) in [5.41, 5.74) is 5.77. The van der Waals surface area contributed by atoms with Crippen LogP contribution < -0.4 is 15.8 Å². The summed E-state index contributed by atoms with van der Waals surface area (Å²) in [5.74, 6) is -1.43. The van der Waals surface area contributed by atoms with Crippen LogP contribution in [0.15, 0.2) is 36.4 Å². The second-order valence-corrected chi connectivity index (χ2v) is 4.05. The van der Waals surface area contributed by atoms with E-state index < -0.39 is 11.7 Å². The summed E-state index contributed by atoms with van der Waals surface area (Å²) in [5, 5.41) is 12.2. The third-order valence-corrected chi connectivity index (χ3v) is 2.70. The number of anilines is 2. The number of carbonyl (C=O) groups excluding carboxylic acids is 1. The highest BCUT2D eigenvalue weighted by molar-refractivity contribution is 6.06. The Morgan fingerprint density at radius 3 is 2.80 bits per heavy atom. The van der Waals surface area contributed by atoms with Crippen LogP contribution in [0.25, 0.3) is 0 Å². The van der Waals surface area contributed by atoms with Gasteiger partial charge in [-0.15, -0.1) is 0 Å². The van der Waals surface area contributed by atoms with Crippen molar-refractivity contribution >= 4 is 17.3 Å². The Morgan fingerprint density at radius 1 is 1.35 bits per heavy atom. The monoisotopic (exact) mass is 276 g/mol. The summed E-state index contributed by atoms with van der Waals surface area (Å²) in [7, 11) is 1.37. The average molecular weight is 276 g/mol. The Morgan fingerprint density at radius 2 is 2.10 bits per heavy atom. The van der Waals surface area contributed by atoms with Crippen LogP contribution in [0, 0.1) is 5.82 Å². The van der Waals surface area contributed by atoms with Gasteiger partial charge in [0.1, 0.15) is 5.82 Å². The molecule has 0 unspecified atom stereocenters. The SMILES string of the molecule is COc1cccc(C(=O)Nc2cc(N)ccc2F)c1O. The number of methoxy groups -OCH3 is 1. The lowest BCUT2D eigenvalue weighted by molar-refractivity contribution is 0.102. The van der Waals surface area contributed by atoms with Gasteiger partial charge in [-0.3, -0.25) is 4.79 Å². The van der Waals surface area contributed by atoms with Gasteiger partial charge < -0.3 is 20.9 Å². The van der Waals surface area contributed by atoms with Gasteiger partial charge in [0.05, 0.1) is 18.4 Å². The Balaban J connectivity index is 2.31. The number of nitrogens with two attached hydrogens (primary N) is 1. The summed E-state index contributed by atoms with van der Waals surface area (Å²) in [6.07, 6.45) is 0. The van der Waals surface area contributed by atoms with Gasteiger partial charge in [-0.1, -0.05) is 6.07 Å². The van der Waals surface area contributed by atoms with E-state index in [1.165, 1.54) is 31.4 Å². The number of para-hydroxylation sites is 1. The molecule has 0 saturated carbocycles. The van der Waals surface area contributed by atoms with Gasteiger partial charge in [0.2, 0.25) is 0 Å². The first kappa shape index (κ1) is 13.7. The molecule has 0 fully saturated rings. The first-order valence-electron chi connectivity index (χ1n) is 5.75. The fourth-order valence-corrected chi connectivity index (χ4v) is 1.70. The van der Waals surface area contributed by atoms with Crippen molar-refractivity contribution in [1.82, 2.24) is 0 Å². The molecule has 2 rings (SSSR count). The molecule has 0 spiro atoms. The maximum absolute atomic E-state index is 13.5. The molecule has 0 radical (unpaired) electrons. The van der Waals surface area contributed by atoms with Gasteiger partial charge >= 0.3 is 0 Å². The number of aromatic hydroxyl groups is 1. The molecular weight excluding hydrogens is 263 g/mol. The van der Waals surface area contributed by atoms with Crippen molar-refractivity contribution in [2.75, 3.05) is 18.2 Å². The Labute approximate surface area is 114 Å². The highest BCUT2D eigenvalue weighted by Crippen LogP contribution is 2.30. The second-order valence-electron chi connectivity index (χ2n) is 4.05. The van der Waals surface area contributed by atoms with Crippen LogP contribution in [0.2, 0.25) is 0 Å². The molecular formula is C14H13FN2O3. The average Bonchev–Trinajstić information content (AvgIpc) is 2.43. The van der Waals surface area contributed by atoms with E-state index in [1.54, 1.807) is 6.07 Å². The molecule has 0 aromatic heterocycles. The number of halogens is 1. The smallest absolute Gasteiger partial charge is 0.259 e. The van der Waals surface area contributed by atoms with E-state index in [-0.39, 0.29) is 22.7 Å². The molecule has 2 aromatic rings. The molecule has 0 aliphatic rings. The van der Waals surface area contributed by atoms with Gasteiger partial charge in [-0.2, -0.15) is 0 Å². The topological polar surface area (TPSA) is 84.6 Å². The van der Waals surface area contributed by atoms with Gasteiger partial charge in [0, 0.05) is 5.69 Å². The minimum atomic E-state index is -0.661. The van der Waals surface area contributed by atoms with Crippen molar-refractivity contribution in [3.63, 3.8) is 0 Å². The standard InChI is InChI=1S/C14H13FN2O3/c1-20-12-4-2-3-9(13(12)18)14(19)17-11-7-8(16)5-6-10(11)15/h2-7,18H,16H2,1H3,(H,17,19). The highest BCUT2D eigenvalue weighted by Gasteiger charge is 2.16. The predicted molar refractivity (Wildman–Crippen MR) is 73.4 cm³/mol. The van der Waals surface area contributed by atoms with Gasteiger partial charge in [-0.25, -0.2) is 4.39 Å². The Hall–Kier alpha value is -2.76. The number of rotatable bonds is 3. The van der Waals surface area contributed by atoms with E-state index in [1.807, 2.05) is 0 Å². The van der Waals surface area contributed by atoms with E-state index in [4.69, 9.17) is 10.5 Å². The van der Waals surface area contributed by atoms with E-state index in [9.17, 15) is 14.3 Å². The first-order chi connectivity index (χ1) is 9.52. The molecule has 20 heavy (non-hydrogen) atoms. The summed E-state index contributed by atoms with van der Waals surface area (Å²) in [6.45, 7) is 0. The predicted octanol–water partition coefficient (Wildman–Crippen LogP) is 2.37. The number of phenolic OH excluding ortho intramolecular Hbond substituents is 1. The zero-order valence-corrected chi connectivity index (χ0v) is 10.7. The van der Waals surface area contributed by atoms with Gasteiger partial charge in [-0.05, 0) is 30.3 Å². The number of amides is 1. The lowest BCUT2D eigenvalue weighted by Crippen LogP contribution is -2.13. The Kier molecular flexibility index (Phi) is 3.74. The Bertz CT molecular complexity index is 659. The number of nitrogen functional groups attached to an aromatic ring is 1. The maximum Gasteiger partial charge on any atom is 0.259 e. The number of ether oxygens (including phenoxy) is 1. The normalized spacial score (nSPS) is 10.1. The third-order valence-electron chi connectivity index (χ3n) is 2.70. The summed E-state index contributed by atoms with van der Waals surface area (Å²) in [4.78, 5) is 12.0. The second kappa shape index (κ2) is 5.48. The number of phenols is 1. The molecule has 0 aliphatic heterocycles. The molecule has 0 saturated heterocycles. The number of benzene rings is 2. The van der Waals surface area contributed by atoms with E-state index in [0.29, 0.717) is 5.69 Å². The molecule has 0 aliphatic carbocycles. The van der Waals surface area contributed by atoms with Crippen LogP contribution in [-0.2, 0) is 0 Å². The van der Waals surface area contributed by atoms with E-state index in [2.05, 4.69) is 5.32 Å². The molecule has 0 bridgehead atoms. The number of nitrogens with one attached hydrogen (secondary N) is 1. The lowest BCUT2D eigenvalue weighted by atomic mass is 10.1. The lowest BCUT2D eigenvalue weighted by Gasteiger charge is -2.10. The molecule has 104 valence electrons. The first-order valence-corrected chi connectivity index (χ1v) is 5.75. The zero-order valence-electron chi connectivity index (χ0n) is 10.7. The van der Waals surface area contributed by atoms with Crippen molar-refractivity contribution in [2.45, 2.75) is 0 Å².